The van der Waals surface area contributed by atoms with Gasteiger partial charge in [0.15, 0.2) is 6.79 Å². The summed E-state index contributed by atoms with van der Waals surface area (Å²) in [6.07, 6.45) is 6.53. The van der Waals surface area contributed by atoms with E-state index < -0.39 is 18.3 Å². The minimum absolute atomic E-state index is 0.0802. The molecule has 0 amide bonds. The Hall–Kier alpha value is -1.82. The fourth-order valence-corrected chi connectivity index (χ4v) is 7.42. The molecule has 1 saturated heterocycles. The van der Waals surface area contributed by atoms with E-state index in [1.807, 2.05) is 0 Å². The molecule has 3 fully saturated rings. The van der Waals surface area contributed by atoms with Crippen molar-refractivity contribution in [3.05, 3.63) is 47.5 Å². The zero-order chi connectivity index (χ0) is 26.6. The van der Waals surface area contributed by atoms with Gasteiger partial charge >= 0.3 is 7.12 Å². The van der Waals surface area contributed by atoms with E-state index in [1.54, 1.807) is 7.11 Å². The summed E-state index contributed by atoms with van der Waals surface area (Å²) in [7, 11) is 1.26. The van der Waals surface area contributed by atoms with Crippen molar-refractivity contribution in [1.29, 1.82) is 0 Å². The second-order valence-corrected chi connectivity index (χ2v) is 13.4. The van der Waals surface area contributed by atoms with Crippen molar-refractivity contribution in [2.45, 2.75) is 97.2 Å². The lowest BCUT2D eigenvalue weighted by molar-refractivity contribution is 0.00578. The van der Waals surface area contributed by atoms with Gasteiger partial charge in [0.2, 0.25) is 0 Å². The molecule has 2 unspecified atom stereocenters. The molecule has 2 aliphatic carbocycles. The average Bonchev–Trinajstić information content (AvgIpc) is 3.03. The van der Waals surface area contributed by atoms with Crippen LogP contribution in [0, 0.1) is 24.7 Å². The molecule has 2 bridgehead atoms. The van der Waals surface area contributed by atoms with Crippen LogP contribution in [0.4, 0.5) is 0 Å². The maximum absolute atomic E-state index is 6.50. The van der Waals surface area contributed by atoms with Gasteiger partial charge in [-0.3, -0.25) is 0 Å². The Labute approximate surface area is 224 Å². The second-order valence-electron chi connectivity index (χ2n) is 13.4. The predicted molar refractivity (Wildman–Crippen MR) is 151 cm³/mol. The summed E-state index contributed by atoms with van der Waals surface area (Å²) >= 11 is 0. The molecule has 0 spiro atoms. The number of hydrogen-bond acceptors (Lipinski definition) is 4. The number of methoxy groups -OCH3 is 1. The summed E-state index contributed by atoms with van der Waals surface area (Å²) in [6, 6.07) is 13.1. The highest BCUT2D eigenvalue weighted by molar-refractivity contribution is 6.64. The largest absolute Gasteiger partial charge is 0.495 e. The number of fused-ring (bicyclic) bond motifs is 2. The van der Waals surface area contributed by atoms with Crippen LogP contribution in [-0.2, 0) is 19.5 Å². The van der Waals surface area contributed by atoms with Crippen molar-refractivity contribution >= 4 is 12.6 Å². The molecule has 3 aliphatic rings. The Morgan fingerprint density at radius 3 is 2.14 bits per heavy atom. The number of ether oxygens (including phenoxy) is 2. The number of rotatable bonds is 6. The third kappa shape index (κ3) is 5.00. The molecular formula is C32H45BO4. The van der Waals surface area contributed by atoms with Gasteiger partial charge in [-0.1, -0.05) is 44.2 Å². The Morgan fingerprint density at radius 1 is 0.892 bits per heavy atom. The molecule has 0 N–H and O–H groups in total. The molecule has 2 atom stereocenters. The van der Waals surface area contributed by atoms with E-state index in [1.165, 1.54) is 43.2 Å². The molecule has 37 heavy (non-hydrogen) atoms. The van der Waals surface area contributed by atoms with Crippen molar-refractivity contribution in [3.8, 4) is 16.9 Å². The fraction of sp³-hybridized carbons (Fsp3) is 0.625. The van der Waals surface area contributed by atoms with Crippen molar-refractivity contribution in [2.75, 3.05) is 13.9 Å². The molecule has 2 aromatic rings. The SMILES string of the molecule is COCOc1c(-c2ccccc2B2OC(C)(C)C(C)(C)O2)cc(C)cc1C1(C)CC2CC(C)CC(C2)C1. The number of aryl methyl sites for hydroxylation is 1. The highest BCUT2D eigenvalue weighted by Gasteiger charge is 2.52. The first kappa shape index (κ1) is 26.8. The first-order valence-corrected chi connectivity index (χ1v) is 14.1. The molecule has 0 aromatic heterocycles. The van der Waals surface area contributed by atoms with E-state index in [4.69, 9.17) is 18.8 Å². The third-order valence-electron chi connectivity index (χ3n) is 9.58. The standard InChI is InChI=1S/C32H45BO4/c1-21-13-23-17-24(14-21)19-32(7,18-23)27-16-22(2)15-26(29(27)35-20-34-8)25-11-9-10-12-28(25)33-36-30(3,4)31(5,6)37-33/h9-12,15-16,21,23-24H,13-14,17-20H2,1-8H3. The molecule has 0 radical (unpaired) electrons. The van der Waals surface area contributed by atoms with Crippen LogP contribution >= 0.6 is 0 Å². The molecule has 1 heterocycles. The van der Waals surface area contributed by atoms with Crippen LogP contribution in [0.5, 0.6) is 5.75 Å². The van der Waals surface area contributed by atoms with Crippen LogP contribution in [0.25, 0.3) is 11.1 Å². The second kappa shape index (κ2) is 9.74. The van der Waals surface area contributed by atoms with E-state index in [0.29, 0.717) is 0 Å². The molecule has 200 valence electrons. The fourth-order valence-electron chi connectivity index (χ4n) is 7.42. The van der Waals surface area contributed by atoms with Crippen LogP contribution in [0.1, 0.15) is 84.8 Å². The lowest BCUT2D eigenvalue weighted by atomic mass is 9.57. The first-order chi connectivity index (χ1) is 17.4. The Morgan fingerprint density at radius 2 is 1.51 bits per heavy atom. The number of hydrogen-bond donors (Lipinski definition) is 0. The maximum Gasteiger partial charge on any atom is 0.495 e. The van der Waals surface area contributed by atoms with Crippen molar-refractivity contribution in [3.63, 3.8) is 0 Å². The molecule has 4 nitrogen and oxygen atoms in total. The zero-order valence-corrected chi connectivity index (χ0v) is 24.1. The van der Waals surface area contributed by atoms with E-state index in [0.717, 1.165) is 40.1 Å². The summed E-state index contributed by atoms with van der Waals surface area (Å²) in [5, 5.41) is 0. The third-order valence-corrected chi connectivity index (χ3v) is 9.58. The van der Waals surface area contributed by atoms with Gasteiger partial charge < -0.3 is 18.8 Å². The van der Waals surface area contributed by atoms with Gasteiger partial charge in [0.25, 0.3) is 0 Å². The molecule has 2 saturated carbocycles. The monoisotopic (exact) mass is 504 g/mol. The molecular weight excluding hydrogens is 459 g/mol. The van der Waals surface area contributed by atoms with Crippen LogP contribution in [0.3, 0.4) is 0 Å². The van der Waals surface area contributed by atoms with E-state index in [-0.39, 0.29) is 12.2 Å². The van der Waals surface area contributed by atoms with Gasteiger partial charge in [0.1, 0.15) is 5.75 Å². The van der Waals surface area contributed by atoms with Crippen LogP contribution in [-0.4, -0.2) is 32.2 Å². The van der Waals surface area contributed by atoms with Gasteiger partial charge in [-0.2, -0.15) is 0 Å². The molecule has 5 rings (SSSR count). The zero-order valence-electron chi connectivity index (χ0n) is 24.1. The van der Waals surface area contributed by atoms with Crippen LogP contribution in [0.15, 0.2) is 36.4 Å². The van der Waals surface area contributed by atoms with Crippen LogP contribution in [0.2, 0.25) is 0 Å². The summed E-state index contributed by atoms with van der Waals surface area (Å²) < 4.78 is 24.9. The quantitative estimate of drug-likeness (QED) is 0.312. The summed E-state index contributed by atoms with van der Waals surface area (Å²) in [5.74, 6) is 3.39. The topological polar surface area (TPSA) is 36.9 Å². The van der Waals surface area contributed by atoms with Gasteiger partial charge in [-0.25, -0.2) is 0 Å². The van der Waals surface area contributed by atoms with Gasteiger partial charge in [0, 0.05) is 18.2 Å². The van der Waals surface area contributed by atoms with Gasteiger partial charge in [-0.15, -0.1) is 0 Å². The highest BCUT2D eigenvalue weighted by atomic mass is 16.7. The normalized spacial score (nSPS) is 30.4. The lowest BCUT2D eigenvalue weighted by Crippen LogP contribution is -2.41. The van der Waals surface area contributed by atoms with E-state index in [9.17, 15) is 0 Å². The van der Waals surface area contributed by atoms with Crippen molar-refractivity contribution in [1.82, 2.24) is 0 Å². The summed E-state index contributed by atoms with van der Waals surface area (Å²) in [5.41, 5.74) is 5.10. The maximum atomic E-state index is 6.50. The van der Waals surface area contributed by atoms with E-state index in [2.05, 4.69) is 84.9 Å². The highest BCUT2D eigenvalue weighted by Crippen LogP contribution is 2.54. The summed E-state index contributed by atoms with van der Waals surface area (Å²) in [6.45, 7) is 15.8. The van der Waals surface area contributed by atoms with Crippen molar-refractivity contribution < 1.29 is 18.8 Å². The molecule has 1 aliphatic heterocycles. The van der Waals surface area contributed by atoms with Crippen LogP contribution < -0.4 is 10.2 Å². The number of benzene rings is 2. The lowest BCUT2D eigenvalue weighted by Gasteiger charge is -2.48. The van der Waals surface area contributed by atoms with Gasteiger partial charge in [-0.05, 0) is 113 Å². The smallest absolute Gasteiger partial charge is 0.467 e. The Kier molecular flexibility index (Phi) is 7.05. The first-order valence-electron chi connectivity index (χ1n) is 14.1. The summed E-state index contributed by atoms with van der Waals surface area (Å²) in [4.78, 5) is 0. The average molecular weight is 505 g/mol. The molecule has 5 heteroatoms. The predicted octanol–water partition coefficient (Wildman–Crippen LogP) is 7.05. The van der Waals surface area contributed by atoms with E-state index >= 15 is 0 Å². The minimum Gasteiger partial charge on any atom is -0.467 e. The van der Waals surface area contributed by atoms with Crippen molar-refractivity contribution in [2.24, 2.45) is 17.8 Å². The Balaban J connectivity index is 1.62. The molecule has 2 aromatic carbocycles. The Bertz CT molecular complexity index is 1110. The van der Waals surface area contributed by atoms with Gasteiger partial charge in [0.05, 0.1) is 11.2 Å². The minimum atomic E-state index is -0.438.